The number of nitrogens with one attached hydrogen (secondary N) is 1. The second kappa shape index (κ2) is 6.39. The lowest BCUT2D eigenvalue weighted by Gasteiger charge is -2.25. The molecule has 13 heavy (non-hydrogen) atoms. The molecule has 1 unspecified atom stereocenters. The van der Waals surface area contributed by atoms with Gasteiger partial charge in [0.25, 0.3) is 0 Å². The van der Waals surface area contributed by atoms with Crippen molar-refractivity contribution in [3.63, 3.8) is 0 Å². The summed E-state index contributed by atoms with van der Waals surface area (Å²) in [4.78, 5) is 0. The maximum Gasteiger partial charge on any atom is 0.0587 e. The van der Waals surface area contributed by atoms with E-state index in [4.69, 9.17) is 5.11 Å². The first kappa shape index (κ1) is 12.9. The second-order valence-corrected chi connectivity index (χ2v) is 4.73. The monoisotopic (exact) mass is 187 g/mol. The normalized spacial score (nSPS) is 16.6. The molecule has 2 atom stereocenters. The Morgan fingerprint density at radius 1 is 1.08 bits per heavy atom. The summed E-state index contributed by atoms with van der Waals surface area (Å²) in [6, 6.07) is 0.744. The van der Waals surface area contributed by atoms with Crippen molar-refractivity contribution < 1.29 is 5.11 Å². The maximum atomic E-state index is 9.12. The summed E-state index contributed by atoms with van der Waals surface area (Å²) in [5.41, 5.74) is 0. The van der Waals surface area contributed by atoms with Crippen molar-refractivity contribution in [3.05, 3.63) is 0 Å². The van der Waals surface area contributed by atoms with Crippen LogP contribution in [0.3, 0.4) is 0 Å². The molecule has 0 aromatic carbocycles. The molecule has 0 saturated heterocycles. The van der Waals surface area contributed by atoms with Crippen molar-refractivity contribution in [3.8, 4) is 0 Å². The van der Waals surface area contributed by atoms with Crippen LogP contribution in [0.2, 0.25) is 0 Å². The molecule has 0 rings (SSSR count). The van der Waals surface area contributed by atoms with Crippen LogP contribution < -0.4 is 5.32 Å². The highest BCUT2D eigenvalue weighted by atomic mass is 16.3. The first-order valence-electron chi connectivity index (χ1n) is 5.34. The summed E-state index contributed by atoms with van der Waals surface area (Å²) < 4.78 is 0. The molecule has 0 aromatic rings. The van der Waals surface area contributed by atoms with E-state index in [0.29, 0.717) is 17.9 Å². The zero-order valence-electron chi connectivity index (χ0n) is 9.67. The Morgan fingerprint density at radius 2 is 1.62 bits per heavy atom. The summed E-state index contributed by atoms with van der Waals surface area (Å²) in [5, 5.41) is 12.6. The molecule has 80 valence electrons. The van der Waals surface area contributed by atoms with E-state index >= 15 is 0 Å². The molecule has 0 aromatic heterocycles. The third-order valence-corrected chi connectivity index (χ3v) is 2.32. The predicted molar refractivity (Wildman–Crippen MR) is 57.8 cm³/mol. The summed E-state index contributed by atoms with van der Waals surface area (Å²) in [6.45, 7) is 11.1. The summed E-state index contributed by atoms with van der Waals surface area (Å²) in [5.74, 6) is 1.22. The number of aliphatic hydroxyl groups is 1. The molecule has 0 amide bonds. The van der Waals surface area contributed by atoms with Crippen LogP contribution in [0.25, 0.3) is 0 Å². The van der Waals surface area contributed by atoms with Gasteiger partial charge < -0.3 is 10.4 Å². The minimum absolute atomic E-state index is 0.236. The summed E-state index contributed by atoms with van der Waals surface area (Å²) in [6.07, 6.45) is 1.17. The molecule has 0 heterocycles. The Kier molecular flexibility index (Phi) is 6.35. The predicted octanol–water partition coefficient (Wildman–Crippen LogP) is 2.03. The minimum Gasteiger partial charge on any atom is -0.395 e. The molecule has 0 fully saturated rings. The highest BCUT2D eigenvalue weighted by Gasteiger charge is 2.14. The second-order valence-electron chi connectivity index (χ2n) is 4.73. The van der Waals surface area contributed by atoms with Crippen LogP contribution in [-0.2, 0) is 0 Å². The zero-order valence-corrected chi connectivity index (χ0v) is 9.67. The van der Waals surface area contributed by atoms with Gasteiger partial charge in [-0.25, -0.2) is 0 Å². The van der Waals surface area contributed by atoms with Gasteiger partial charge in [0.15, 0.2) is 0 Å². The average Bonchev–Trinajstić information content (AvgIpc) is 1.98. The van der Waals surface area contributed by atoms with Gasteiger partial charge in [0, 0.05) is 12.1 Å². The molecule has 0 aliphatic carbocycles. The minimum atomic E-state index is 0.236. The Bertz CT molecular complexity index is 123. The standard InChI is InChI=1S/C11H25NO/c1-8(2)6-10(5)12-11(7-13)9(3)4/h8-13H,6-7H2,1-5H3/t10?,11-/m1/s1. The fourth-order valence-electron chi connectivity index (χ4n) is 1.60. The van der Waals surface area contributed by atoms with E-state index in [1.807, 2.05) is 0 Å². The average molecular weight is 187 g/mol. The lowest BCUT2D eigenvalue weighted by molar-refractivity contribution is 0.196. The topological polar surface area (TPSA) is 32.3 Å². The van der Waals surface area contributed by atoms with Crippen molar-refractivity contribution in [2.24, 2.45) is 11.8 Å². The van der Waals surface area contributed by atoms with Crippen LogP contribution in [-0.4, -0.2) is 23.8 Å². The van der Waals surface area contributed by atoms with Crippen molar-refractivity contribution in [1.29, 1.82) is 0 Å². The van der Waals surface area contributed by atoms with Crippen LogP contribution in [0.4, 0.5) is 0 Å². The fourth-order valence-corrected chi connectivity index (χ4v) is 1.60. The molecule has 0 saturated carbocycles. The molecule has 0 bridgehead atoms. The van der Waals surface area contributed by atoms with E-state index in [1.165, 1.54) is 6.42 Å². The molecule has 0 radical (unpaired) electrons. The van der Waals surface area contributed by atoms with E-state index < -0.39 is 0 Å². The van der Waals surface area contributed by atoms with Crippen LogP contribution in [0, 0.1) is 11.8 Å². The quantitative estimate of drug-likeness (QED) is 0.667. The third-order valence-electron chi connectivity index (χ3n) is 2.32. The molecule has 2 heteroatoms. The van der Waals surface area contributed by atoms with Gasteiger partial charge in [0.1, 0.15) is 0 Å². The van der Waals surface area contributed by atoms with Gasteiger partial charge in [0.05, 0.1) is 6.61 Å². The number of aliphatic hydroxyl groups excluding tert-OH is 1. The maximum absolute atomic E-state index is 9.12. The van der Waals surface area contributed by atoms with Crippen molar-refractivity contribution in [2.75, 3.05) is 6.61 Å². The smallest absolute Gasteiger partial charge is 0.0587 e. The van der Waals surface area contributed by atoms with Crippen LogP contribution in [0.5, 0.6) is 0 Å². The van der Waals surface area contributed by atoms with Gasteiger partial charge in [-0.15, -0.1) is 0 Å². The first-order chi connectivity index (χ1) is 5.97. The van der Waals surface area contributed by atoms with Gasteiger partial charge in [-0.1, -0.05) is 27.7 Å². The van der Waals surface area contributed by atoms with E-state index in [-0.39, 0.29) is 12.6 Å². The number of hydrogen-bond acceptors (Lipinski definition) is 2. The van der Waals surface area contributed by atoms with Crippen LogP contribution in [0.1, 0.15) is 41.0 Å². The van der Waals surface area contributed by atoms with Gasteiger partial charge in [-0.3, -0.25) is 0 Å². The molecule has 0 aliphatic heterocycles. The Morgan fingerprint density at radius 3 is 1.92 bits per heavy atom. The van der Waals surface area contributed by atoms with Gasteiger partial charge >= 0.3 is 0 Å². The molecule has 2 nitrogen and oxygen atoms in total. The Hall–Kier alpha value is -0.0800. The molecular formula is C11H25NO. The van der Waals surface area contributed by atoms with Gasteiger partial charge in [-0.2, -0.15) is 0 Å². The molecular weight excluding hydrogens is 162 g/mol. The third kappa shape index (κ3) is 6.05. The van der Waals surface area contributed by atoms with Gasteiger partial charge in [0.2, 0.25) is 0 Å². The lowest BCUT2D eigenvalue weighted by atomic mass is 10.0. The largest absolute Gasteiger partial charge is 0.395 e. The Labute approximate surface area is 82.7 Å². The van der Waals surface area contributed by atoms with Gasteiger partial charge in [-0.05, 0) is 25.2 Å². The highest BCUT2D eigenvalue weighted by Crippen LogP contribution is 2.07. The van der Waals surface area contributed by atoms with E-state index in [9.17, 15) is 0 Å². The van der Waals surface area contributed by atoms with Crippen LogP contribution >= 0.6 is 0 Å². The van der Waals surface area contributed by atoms with E-state index in [1.54, 1.807) is 0 Å². The SMILES string of the molecule is CC(C)CC(C)N[C@H](CO)C(C)C. The highest BCUT2D eigenvalue weighted by molar-refractivity contribution is 4.74. The number of hydrogen-bond donors (Lipinski definition) is 2. The Balaban J connectivity index is 3.79. The van der Waals surface area contributed by atoms with E-state index in [2.05, 4.69) is 39.9 Å². The van der Waals surface area contributed by atoms with Crippen LogP contribution in [0.15, 0.2) is 0 Å². The molecule has 0 spiro atoms. The summed E-state index contributed by atoms with van der Waals surface area (Å²) >= 11 is 0. The number of rotatable bonds is 6. The van der Waals surface area contributed by atoms with Crippen molar-refractivity contribution >= 4 is 0 Å². The summed E-state index contributed by atoms with van der Waals surface area (Å²) in [7, 11) is 0. The fraction of sp³-hybridized carbons (Fsp3) is 1.00. The van der Waals surface area contributed by atoms with Crippen molar-refractivity contribution in [1.82, 2.24) is 5.32 Å². The first-order valence-corrected chi connectivity index (χ1v) is 5.34. The molecule has 2 N–H and O–H groups in total. The van der Waals surface area contributed by atoms with Crippen molar-refractivity contribution in [2.45, 2.75) is 53.1 Å². The lowest BCUT2D eigenvalue weighted by Crippen LogP contribution is -2.42. The zero-order chi connectivity index (χ0) is 10.4. The van der Waals surface area contributed by atoms with E-state index in [0.717, 1.165) is 0 Å². The molecule has 0 aliphatic rings.